The van der Waals surface area contributed by atoms with Crippen molar-refractivity contribution >= 4 is 73.5 Å². The molecule has 8 aromatic rings. The maximum absolute atomic E-state index is 6.42. The van der Waals surface area contributed by atoms with E-state index in [9.17, 15) is 0 Å². The molecule has 0 radical (unpaired) electrons. The highest BCUT2D eigenvalue weighted by atomic mass is 16.3. The molecule has 1 aromatic heterocycles. The number of hydrogen-bond donors (Lipinski definition) is 0. The van der Waals surface area contributed by atoms with Gasteiger partial charge in [-0.15, -0.1) is 0 Å². The van der Waals surface area contributed by atoms with Crippen LogP contribution in [0.4, 0.5) is 28.4 Å². The van der Waals surface area contributed by atoms with Gasteiger partial charge < -0.3 is 14.2 Å². The zero-order valence-electron chi connectivity index (χ0n) is 28.5. The molecular formula is C48H33BN2O. The third kappa shape index (κ3) is 4.34. The fourth-order valence-corrected chi connectivity index (χ4v) is 8.82. The van der Waals surface area contributed by atoms with E-state index < -0.39 is 0 Å². The Morgan fingerprint density at radius 2 is 1.17 bits per heavy atom. The van der Waals surface area contributed by atoms with Crippen LogP contribution in [0.3, 0.4) is 0 Å². The van der Waals surface area contributed by atoms with Crippen molar-refractivity contribution in [2.24, 2.45) is 0 Å². The number of para-hydroxylation sites is 5. The van der Waals surface area contributed by atoms with E-state index in [1.807, 2.05) is 12.1 Å². The smallest absolute Gasteiger partial charge is 0.252 e. The van der Waals surface area contributed by atoms with Gasteiger partial charge >= 0.3 is 0 Å². The fraction of sp³-hybridized carbons (Fsp3) is 0.0417. The average Bonchev–Trinajstić information content (AvgIpc) is 3.60. The zero-order valence-corrected chi connectivity index (χ0v) is 28.5. The normalized spacial score (nSPS) is 14.3. The molecule has 1 aliphatic carbocycles. The molecule has 2 aliphatic heterocycles. The van der Waals surface area contributed by atoms with E-state index in [2.05, 4.69) is 174 Å². The van der Waals surface area contributed by atoms with Gasteiger partial charge in [-0.3, -0.25) is 0 Å². The van der Waals surface area contributed by atoms with Crippen molar-refractivity contribution < 1.29 is 4.42 Å². The first-order chi connectivity index (χ1) is 25.8. The lowest BCUT2D eigenvalue weighted by atomic mass is 9.33. The topological polar surface area (TPSA) is 19.6 Å². The molecule has 4 heteroatoms. The molecule has 3 heterocycles. The Hall–Kier alpha value is -6.52. The summed E-state index contributed by atoms with van der Waals surface area (Å²) < 4.78 is 6.42. The van der Waals surface area contributed by atoms with Crippen molar-refractivity contribution in [2.75, 3.05) is 9.80 Å². The Morgan fingerprint density at radius 1 is 0.519 bits per heavy atom. The minimum absolute atomic E-state index is 0.120. The Labute approximate surface area is 303 Å². The van der Waals surface area contributed by atoms with E-state index in [4.69, 9.17) is 4.42 Å². The van der Waals surface area contributed by atoms with E-state index in [0.29, 0.717) is 0 Å². The summed E-state index contributed by atoms with van der Waals surface area (Å²) >= 11 is 0. The molecule has 0 N–H and O–H groups in total. The van der Waals surface area contributed by atoms with Crippen molar-refractivity contribution in [2.45, 2.75) is 12.8 Å². The fourth-order valence-electron chi connectivity index (χ4n) is 8.82. The minimum atomic E-state index is 0.120. The summed E-state index contributed by atoms with van der Waals surface area (Å²) in [5, 5.41) is 2.30. The van der Waals surface area contributed by atoms with E-state index in [0.717, 1.165) is 51.6 Å². The zero-order chi connectivity index (χ0) is 34.2. The molecule has 3 aliphatic rings. The maximum atomic E-state index is 6.42. The number of allylic oxidation sites excluding steroid dienone is 4. The lowest BCUT2D eigenvalue weighted by Crippen LogP contribution is -2.61. The van der Waals surface area contributed by atoms with Crippen LogP contribution in [0.2, 0.25) is 0 Å². The highest BCUT2D eigenvalue weighted by molar-refractivity contribution is 7.00. The second-order valence-corrected chi connectivity index (χ2v) is 14.0. The lowest BCUT2D eigenvalue weighted by molar-refractivity contribution is 0.670. The molecule has 0 spiro atoms. The van der Waals surface area contributed by atoms with E-state index in [-0.39, 0.29) is 6.71 Å². The number of hydrogen-bond acceptors (Lipinski definition) is 3. The summed E-state index contributed by atoms with van der Waals surface area (Å²) in [6.45, 7) is 0.120. The van der Waals surface area contributed by atoms with Crippen LogP contribution in [0, 0.1) is 0 Å². The summed E-state index contributed by atoms with van der Waals surface area (Å²) in [4.78, 5) is 5.03. The van der Waals surface area contributed by atoms with Crippen LogP contribution in [0.15, 0.2) is 186 Å². The summed E-state index contributed by atoms with van der Waals surface area (Å²) in [7, 11) is 0. The number of rotatable bonds is 4. The SMILES string of the molecule is C1=CCCC(N2c3ccccc3B3c4ccccc4N(c4ccccc4)c4cc(-c5ccc(-c6cccc7c6oc6ccccc67)cc5)cc2c43)=C1. The predicted molar refractivity (Wildman–Crippen MR) is 219 cm³/mol. The van der Waals surface area contributed by atoms with E-state index >= 15 is 0 Å². The maximum Gasteiger partial charge on any atom is 0.252 e. The number of furan rings is 1. The molecule has 0 atom stereocenters. The average molecular weight is 665 g/mol. The first-order valence-electron chi connectivity index (χ1n) is 18.2. The predicted octanol–water partition coefficient (Wildman–Crippen LogP) is 10.9. The molecule has 0 amide bonds. The second kappa shape index (κ2) is 11.5. The monoisotopic (exact) mass is 664 g/mol. The van der Waals surface area contributed by atoms with Gasteiger partial charge in [-0.25, -0.2) is 0 Å². The van der Waals surface area contributed by atoms with Crippen LogP contribution in [0.1, 0.15) is 12.8 Å². The van der Waals surface area contributed by atoms with Gasteiger partial charge in [0.1, 0.15) is 11.2 Å². The van der Waals surface area contributed by atoms with Gasteiger partial charge in [0.2, 0.25) is 0 Å². The van der Waals surface area contributed by atoms with Crippen molar-refractivity contribution in [1.29, 1.82) is 0 Å². The second-order valence-electron chi connectivity index (χ2n) is 14.0. The van der Waals surface area contributed by atoms with Gasteiger partial charge in [0.05, 0.1) is 0 Å². The van der Waals surface area contributed by atoms with Crippen molar-refractivity contribution in [3.05, 3.63) is 182 Å². The molecule has 7 aromatic carbocycles. The summed E-state index contributed by atoms with van der Waals surface area (Å²) in [5.41, 5.74) is 18.0. The van der Waals surface area contributed by atoms with Crippen molar-refractivity contribution in [3.63, 3.8) is 0 Å². The third-order valence-corrected chi connectivity index (χ3v) is 11.1. The number of nitrogens with zero attached hydrogens (tertiary/aromatic N) is 2. The Bertz CT molecular complexity index is 2760. The molecule has 0 fully saturated rings. The van der Waals surface area contributed by atoms with E-state index in [1.54, 1.807) is 0 Å². The summed E-state index contributed by atoms with van der Waals surface area (Å²) in [6, 6.07) is 57.5. The Balaban J connectivity index is 1.14. The Kier molecular flexibility index (Phi) is 6.47. The van der Waals surface area contributed by atoms with Crippen LogP contribution in [-0.4, -0.2) is 6.71 Å². The van der Waals surface area contributed by atoms with Crippen molar-refractivity contribution in [3.8, 4) is 22.3 Å². The largest absolute Gasteiger partial charge is 0.455 e. The number of fused-ring (bicyclic) bond motifs is 7. The number of anilines is 5. The van der Waals surface area contributed by atoms with Crippen LogP contribution in [0.25, 0.3) is 44.2 Å². The standard InChI is InChI=1S/C48H33BN2O/c1-3-14-35(15-4-1)50-42-23-10-8-21-40(42)49-41-22-9-11-24-43(41)51(36-16-5-2-6-17-36)45-31-34(30-44(50)47(45)49)32-26-28-33(29-27-32)37-19-13-20-39-38-18-7-12-25-46(38)52-48(37)39/h1-5,7-16,18-31H,6,17H2. The summed E-state index contributed by atoms with van der Waals surface area (Å²) in [6.07, 6.45) is 8.83. The van der Waals surface area contributed by atoms with Gasteiger partial charge in [-0.05, 0) is 94.5 Å². The molecule has 0 saturated carbocycles. The van der Waals surface area contributed by atoms with Gasteiger partial charge in [0, 0.05) is 50.5 Å². The first-order valence-corrected chi connectivity index (χ1v) is 18.2. The van der Waals surface area contributed by atoms with Crippen LogP contribution < -0.4 is 26.2 Å². The molecule has 11 rings (SSSR count). The highest BCUT2D eigenvalue weighted by Crippen LogP contribution is 2.45. The first kappa shape index (κ1) is 29.2. The van der Waals surface area contributed by atoms with Crippen LogP contribution in [-0.2, 0) is 0 Å². The number of benzene rings is 7. The molecule has 0 saturated heterocycles. The van der Waals surface area contributed by atoms with Gasteiger partial charge in [0.15, 0.2) is 0 Å². The van der Waals surface area contributed by atoms with Gasteiger partial charge in [0.25, 0.3) is 6.71 Å². The molecule has 0 bridgehead atoms. The lowest BCUT2D eigenvalue weighted by Gasteiger charge is -2.45. The molecule has 3 nitrogen and oxygen atoms in total. The van der Waals surface area contributed by atoms with Gasteiger partial charge in [-0.1, -0.05) is 127 Å². The molecule has 52 heavy (non-hydrogen) atoms. The molecule has 0 unspecified atom stereocenters. The van der Waals surface area contributed by atoms with Crippen LogP contribution in [0.5, 0.6) is 0 Å². The quantitative estimate of drug-likeness (QED) is 0.175. The van der Waals surface area contributed by atoms with E-state index in [1.165, 1.54) is 56.0 Å². The molecular weight excluding hydrogens is 631 g/mol. The van der Waals surface area contributed by atoms with Crippen molar-refractivity contribution in [1.82, 2.24) is 0 Å². The van der Waals surface area contributed by atoms with Crippen LogP contribution >= 0.6 is 0 Å². The Morgan fingerprint density at radius 3 is 1.94 bits per heavy atom. The minimum Gasteiger partial charge on any atom is -0.455 e. The summed E-state index contributed by atoms with van der Waals surface area (Å²) in [5.74, 6) is 0. The molecule has 244 valence electrons. The highest BCUT2D eigenvalue weighted by Gasteiger charge is 2.43. The van der Waals surface area contributed by atoms with Gasteiger partial charge in [-0.2, -0.15) is 0 Å². The third-order valence-electron chi connectivity index (χ3n) is 11.1.